The molecule has 0 bridgehead atoms. The van der Waals surface area contributed by atoms with Crippen molar-refractivity contribution in [3.05, 3.63) is 56.8 Å². The van der Waals surface area contributed by atoms with E-state index in [4.69, 9.17) is 21.1 Å². The SMILES string of the molecule is CCOc1cc(CNC(C(=O)O)C(C)C)cc(Br)c1OCc1ccc(F)cc1Cl. The molecule has 0 aliphatic carbocycles. The number of ether oxygens (including phenoxy) is 2. The van der Waals surface area contributed by atoms with Crippen molar-refractivity contribution in [2.75, 3.05) is 6.61 Å². The molecule has 2 aromatic rings. The molecule has 2 N–H and O–H groups in total. The fourth-order valence-corrected chi connectivity index (χ4v) is 3.58. The number of carboxylic acids is 1. The number of halogens is 3. The Labute approximate surface area is 183 Å². The van der Waals surface area contributed by atoms with E-state index in [9.17, 15) is 14.3 Å². The lowest BCUT2D eigenvalue weighted by Crippen LogP contribution is -2.40. The molecule has 29 heavy (non-hydrogen) atoms. The van der Waals surface area contributed by atoms with Gasteiger partial charge in [-0.15, -0.1) is 0 Å². The molecule has 0 amide bonds. The van der Waals surface area contributed by atoms with E-state index in [1.54, 1.807) is 6.07 Å². The summed E-state index contributed by atoms with van der Waals surface area (Å²) in [5, 5.41) is 12.7. The van der Waals surface area contributed by atoms with Gasteiger partial charge in [0.05, 0.1) is 16.1 Å². The lowest BCUT2D eigenvalue weighted by atomic mass is 10.0. The minimum absolute atomic E-state index is 0.0506. The van der Waals surface area contributed by atoms with Gasteiger partial charge >= 0.3 is 5.97 Å². The Kier molecular flexibility index (Phi) is 8.74. The van der Waals surface area contributed by atoms with Crippen LogP contribution in [0.5, 0.6) is 11.5 Å². The van der Waals surface area contributed by atoms with Crippen LogP contribution < -0.4 is 14.8 Å². The summed E-state index contributed by atoms with van der Waals surface area (Å²) in [5.41, 5.74) is 1.49. The van der Waals surface area contributed by atoms with Crippen LogP contribution in [-0.4, -0.2) is 23.7 Å². The number of benzene rings is 2. The van der Waals surface area contributed by atoms with E-state index in [0.29, 0.717) is 34.7 Å². The first-order valence-corrected chi connectivity index (χ1v) is 10.4. The van der Waals surface area contributed by atoms with Crippen LogP contribution in [0.25, 0.3) is 0 Å². The Morgan fingerprint density at radius 3 is 2.59 bits per heavy atom. The number of hydrogen-bond donors (Lipinski definition) is 2. The van der Waals surface area contributed by atoms with Gasteiger partial charge in [0.2, 0.25) is 0 Å². The van der Waals surface area contributed by atoms with Crippen LogP contribution in [-0.2, 0) is 17.9 Å². The predicted molar refractivity (Wildman–Crippen MR) is 114 cm³/mol. The number of hydrogen-bond acceptors (Lipinski definition) is 4. The highest BCUT2D eigenvalue weighted by molar-refractivity contribution is 9.10. The summed E-state index contributed by atoms with van der Waals surface area (Å²) in [6, 6.07) is 7.13. The van der Waals surface area contributed by atoms with Gasteiger partial charge < -0.3 is 19.9 Å². The van der Waals surface area contributed by atoms with E-state index in [1.807, 2.05) is 32.9 Å². The standard InChI is InChI=1S/C21H24BrClFNO4/c1-4-28-18-8-13(10-25-19(12(2)3)21(26)27)7-16(22)20(18)29-11-14-5-6-15(24)9-17(14)23/h5-9,12,19,25H,4,10-11H2,1-3H3,(H,26,27). The monoisotopic (exact) mass is 487 g/mol. The van der Waals surface area contributed by atoms with Crippen LogP contribution in [0.4, 0.5) is 4.39 Å². The van der Waals surface area contributed by atoms with Gasteiger partial charge in [-0.1, -0.05) is 31.5 Å². The average Bonchev–Trinajstić information content (AvgIpc) is 2.62. The molecular weight excluding hydrogens is 465 g/mol. The molecule has 8 heteroatoms. The first-order chi connectivity index (χ1) is 13.7. The molecule has 0 aliphatic rings. The third-order valence-corrected chi connectivity index (χ3v) is 5.16. The number of carboxylic acid groups (broad SMARTS) is 1. The second-order valence-electron chi connectivity index (χ2n) is 6.80. The van der Waals surface area contributed by atoms with E-state index >= 15 is 0 Å². The topological polar surface area (TPSA) is 67.8 Å². The van der Waals surface area contributed by atoms with Crippen LogP contribution in [0.15, 0.2) is 34.8 Å². The number of nitrogens with one attached hydrogen (secondary N) is 1. The van der Waals surface area contributed by atoms with E-state index in [0.717, 1.165) is 5.56 Å². The summed E-state index contributed by atoms with van der Waals surface area (Å²) in [6.07, 6.45) is 0. The fraction of sp³-hybridized carbons (Fsp3) is 0.381. The highest BCUT2D eigenvalue weighted by Gasteiger charge is 2.21. The van der Waals surface area contributed by atoms with Crippen molar-refractivity contribution in [1.82, 2.24) is 5.32 Å². The quantitative estimate of drug-likeness (QED) is 0.467. The molecule has 1 unspecified atom stereocenters. The van der Waals surface area contributed by atoms with Crippen LogP contribution in [0.1, 0.15) is 31.9 Å². The van der Waals surface area contributed by atoms with Gasteiger partial charge in [0.1, 0.15) is 18.5 Å². The van der Waals surface area contributed by atoms with Crippen LogP contribution >= 0.6 is 27.5 Å². The largest absolute Gasteiger partial charge is 0.490 e. The van der Waals surface area contributed by atoms with Gasteiger partial charge in [0, 0.05) is 12.1 Å². The second kappa shape index (κ2) is 10.8. The molecule has 0 fully saturated rings. The van der Waals surface area contributed by atoms with E-state index < -0.39 is 17.8 Å². The highest BCUT2D eigenvalue weighted by atomic mass is 79.9. The van der Waals surface area contributed by atoms with Crippen molar-refractivity contribution >= 4 is 33.5 Å². The smallest absolute Gasteiger partial charge is 0.320 e. The molecule has 2 aromatic carbocycles. The molecule has 0 radical (unpaired) electrons. The van der Waals surface area contributed by atoms with Gasteiger partial charge in [0.15, 0.2) is 11.5 Å². The van der Waals surface area contributed by atoms with Crippen LogP contribution in [0, 0.1) is 11.7 Å². The lowest BCUT2D eigenvalue weighted by molar-refractivity contribution is -0.140. The van der Waals surface area contributed by atoms with Crippen molar-refractivity contribution in [1.29, 1.82) is 0 Å². The summed E-state index contributed by atoms with van der Waals surface area (Å²) < 4.78 is 25.5. The van der Waals surface area contributed by atoms with Crippen LogP contribution in [0.3, 0.4) is 0 Å². The van der Waals surface area contributed by atoms with Gasteiger partial charge in [-0.2, -0.15) is 0 Å². The zero-order chi connectivity index (χ0) is 21.6. The molecule has 5 nitrogen and oxygen atoms in total. The summed E-state index contributed by atoms with van der Waals surface area (Å²) in [7, 11) is 0. The molecule has 0 saturated carbocycles. The Bertz CT molecular complexity index is 863. The molecule has 0 heterocycles. The molecule has 0 saturated heterocycles. The lowest BCUT2D eigenvalue weighted by Gasteiger charge is -2.19. The zero-order valence-electron chi connectivity index (χ0n) is 16.5. The number of rotatable bonds is 10. The zero-order valence-corrected chi connectivity index (χ0v) is 18.8. The molecule has 0 spiro atoms. The van der Waals surface area contributed by atoms with Gasteiger partial charge in [0.25, 0.3) is 0 Å². The average molecular weight is 489 g/mol. The molecular formula is C21H24BrClFNO4. The van der Waals surface area contributed by atoms with Crippen LogP contribution in [0.2, 0.25) is 5.02 Å². The van der Waals surface area contributed by atoms with Crippen molar-refractivity contribution in [2.24, 2.45) is 5.92 Å². The van der Waals surface area contributed by atoms with Gasteiger partial charge in [-0.3, -0.25) is 4.79 Å². The Balaban J connectivity index is 2.19. The summed E-state index contributed by atoms with van der Waals surface area (Å²) in [4.78, 5) is 11.4. The number of aliphatic carboxylic acids is 1. The predicted octanol–water partition coefficient (Wildman–Crippen LogP) is 5.42. The molecule has 1 atom stereocenters. The molecule has 2 rings (SSSR count). The summed E-state index contributed by atoms with van der Waals surface area (Å²) >= 11 is 9.56. The first kappa shape index (κ1) is 23.4. The molecule has 0 aliphatic heterocycles. The van der Waals surface area contributed by atoms with E-state index in [-0.39, 0.29) is 17.5 Å². The maximum Gasteiger partial charge on any atom is 0.320 e. The first-order valence-electron chi connectivity index (χ1n) is 9.21. The van der Waals surface area contributed by atoms with Gasteiger partial charge in [-0.25, -0.2) is 4.39 Å². The van der Waals surface area contributed by atoms with Crippen molar-refractivity contribution < 1.29 is 23.8 Å². The Morgan fingerprint density at radius 2 is 2.00 bits per heavy atom. The van der Waals surface area contributed by atoms with E-state index in [2.05, 4.69) is 21.2 Å². The minimum atomic E-state index is -0.889. The number of carbonyl (C=O) groups is 1. The third-order valence-electron chi connectivity index (χ3n) is 4.22. The normalized spacial score (nSPS) is 12.1. The summed E-state index contributed by atoms with van der Waals surface area (Å²) in [6.45, 7) is 6.50. The molecule has 0 aromatic heterocycles. The van der Waals surface area contributed by atoms with Crippen molar-refractivity contribution in [3.8, 4) is 11.5 Å². The highest BCUT2D eigenvalue weighted by Crippen LogP contribution is 2.38. The Morgan fingerprint density at radius 1 is 1.28 bits per heavy atom. The van der Waals surface area contributed by atoms with Crippen molar-refractivity contribution in [3.63, 3.8) is 0 Å². The summed E-state index contributed by atoms with van der Waals surface area (Å²) in [5.74, 6) is -0.332. The third kappa shape index (κ3) is 6.59. The van der Waals surface area contributed by atoms with Gasteiger partial charge in [-0.05, 0) is 58.6 Å². The molecule has 158 valence electrons. The fourth-order valence-electron chi connectivity index (χ4n) is 2.75. The Hall–Kier alpha value is -1.83. The maximum absolute atomic E-state index is 13.2. The minimum Gasteiger partial charge on any atom is -0.490 e. The van der Waals surface area contributed by atoms with Crippen molar-refractivity contribution in [2.45, 2.75) is 40.0 Å². The second-order valence-corrected chi connectivity index (χ2v) is 8.06. The van der Waals surface area contributed by atoms with E-state index in [1.165, 1.54) is 12.1 Å². The maximum atomic E-state index is 13.2.